The second-order valence-electron chi connectivity index (χ2n) is 3.44. The molecule has 0 radical (unpaired) electrons. The highest BCUT2D eigenvalue weighted by atomic mass is 35.5. The van der Waals surface area contributed by atoms with E-state index in [1.165, 1.54) is 0 Å². The van der Waals surface area contributed by atoms with E-state index in [9.17, 15) is 0 Å². The molecule has 4 nitrogen and oxygen atoms in total. The molecule has 1 unspecified atom stereocenters. The Kier molecular flexibility index (Phi) is 3.41. The van der Waals surface area contributed by atoms with Crippen molar-refractivity contribution in [3.8, 4) is 5.88 Å². The molecule has 0 aliphatic carbocycles. The van der Waals surface area contributed by atoms with Crippen LogP contribution in [0.1, 0.15) is 12.0 Å². The number of ether oxygens (including phenoxy) is 2. The van der Waals surface area contributed by atoms with Gasteiger partial charge < -0.3 is 15.2 Å². The van der Waals surface area contributed by atoms with Gasteiger partial charge in [0.05, 0.1) is 13.2 Å². The molecule has 1 aliphatic heterocycles. The average Bonchev–Trinajstić information content (AvgIpc) is 2.74. The highest BCUT2D eigenvalue weighted by molar-refractivity contribution is 6.31. The maximum Gasteiger partial charge on any atom is 0.232 e. The van der Waals surface area contributed by atoms with Crippen LogP contribution in [-0.2, 0) is 11.3 Å². The Balaban J connectivity index is 2.07. The lowest BCUT2D eigenvalue weighted by molar-refractivity contribution is 0.138. The van der Waals surface area contributed by atoms with Gasteiger partial charge in [0.15, 0.2) is 0 Å². The molecule has 0 spiro atoms. The predicted octanol–water partition coefficient (Wildman–Crippen LogP) is 1.36. The van der Waals surface area contributed by atoms with Crippen molar-refractivity contribution in [3.63, 3.8) is 0 Å². The summed E-state index contributed by atoms with van der Waals surface area (Å²) < 4.78 is 10.8. The van der Waals surface area contributed by atoms with Gasteiger partial charge in [-0.05, 0) is 11.6 Å². The smallest absolute Gasteiger partial charge is 0.232 e. The standard InChI is InChI=1S/C10H13ClN2O2/c11-9-3-7(4-12)5-13-10(9)15-8-1-2-14-6-8/h3,5,8H,1-2,4,6,12H2. The summed E-state index contributed by atoms with van der Waals surface area (Å²) in [5.74, 6) is 0.462. The first-order chi connectivity index (χ1) is 7.29. The third-order valence-electron chi connectivity index (χ3n) is 2.27. The first-order valence-corrected chi connectivity index (χ1v) is 5.26. The molecule has 1 saturated heterocycles. The fraction of sp³-hybridized carbons (Fsp3) is 0.500. The Bertz CT molecular complexity index is 340. The molecule has 5 heteroatoms. The van der Waals surface area contributed by atoms with Crippen LogP contribution in [0.3, 0.4) is 0 Å². The van der Waals surface area contributed by atoms with E-state index in [0.717, 1.165) is 18.6 Å². The maximum atomic E-state index is 6.00. The predicted molar refractivity (Wildman–Crippen MR) is 57.0 cm³/mol. The fourth-order valence-electron chi connectivity index (χ4n) is 1.43. The lowest BCUT2D eigenvalue weighted by Crippen LogP contribution is -2.16. The van der Waals surface area contributed by atoms with Gasteiger partial charge in [-0.1, -0.05) is 11.6 Å². The van der Waals surface area contributed by atoms with Gasteiger partial charge in [0.2, 0.25) is 5.88 Å². The van der Waals surface area contributed by atoms with E-state index in [4.69, 9.17) is 26.8 Å². The summed E-state index contributed by atoms with van der Waals surface area (Å²) in [6.45, 7) is 1.78. The zero-order chi connectivity index (χ0) is 10.7. The molecule has 82 valence electrons. The third kappa shape index (κ3) is 2.59. The summed E-state index contributed by atoms with van der Waals surface area (Å²) in [5, 5.41) is 0.504. The maximum absolute atomic E-state index is 6.00. The Labute approximate surface area is 93.3 Å². The first kappa shape index (κ1) is 10.7. The van der Waals surface area contributed by atoms with Crippen molar-refractivity contribution in [2.75, 3.05) is 13.2 Å². The van der Waals surface area contributed by atoms with Crippen molar-refractivity contribution in [1.29, 1.82) is 0 Å². The Morgan fingerprint density at radius 3 is 3.13 bits per heavy atom. The molecule has 0 saturated carbocycles. The van der Waals surface area contributed by atoms with Crippen LogP contribution in [0.5, 0.6) is 5.88 Å². The zero-order valence-corrected chi connectivity index (χ0v) is 9.04. The van der Waals surface area contributed by atoms with Crippen LogP contribution in [0, 0.1) is 0 Å². The molecule has 2 N–H and O–H groups in total. The SMILES string of the molecule is NCc1cnc(OC2CCOC2)c(Cl)c1. The van der Waals surface area contributed by atoms with Gasteiger partial charge in [0, 0.05) is 19.2 Å². The van der Waals surface area contributed by atoms with E-state index in [1.54, 1.807) is 12.3 Å². The number of nitrogens with two attached hydrogens (primary N) is 1. The molecular weight excluding hydrogens is 216 g/mol. The van der Waals surface area contributed by atoms with Crippen molar-refractivity contribution in [2.45, 2.75) is 19.1 Å². The van der Waals surface area contributed by atoms with Crippen molar-refractivity contribution in [3.05, 3.63) is 22.8 Å². The molecule has 0 aromatic carbocycles. The molecule has 1 aromatic rings. The molecule has 2 rings (SSSR count). The van der Waals surface area contributed by atoms with Crippen molar-refractivity contribution in [2.24, 2.45) is 5.73 Å². The quantitative estimate of drug-likeness (QED) is 0.849. The number of pyridine rings is 1. The molecule has 15 heavy (non-hydrogen) atoms. The highest BCUT2D eigenvalue weighted by Crippen LogP contribution is 2.24. The van der Waals surface area contributed by atoms with Crippen LogP contribution in [0.15, 0.2) is 12.3 Å². The van der Waals surface area contributed by atoms with Gasteiger partial charge >= 0.3 is 0 Å². The third-order valence-corrected chi connectivity index (χ3v) is 2.54. The Morgan fingerprint density at radius 1 is 1.67 bits per heavy atom. The van der Waals surface area contributed by atoms with Crippen molar-refractivity contribution >= 4 is 11.6 Å². The number of rotatable bonds is 3. The summed E-state index contributed by atoms with van der Waals surface area (Å²) in [5.41, 5.74) is 6.37. The van der Waals surface area contributed by atoms with E-state index >= 15 is 0 Å². The van der Waals surface area contributed by atoms with Gasteiger partial charge in [-0.2, -0.15) is 0 Å². The normalized spacial score (nSPS) is 20.5. The summed E-state index contributed by atoms with van der Waals surface area (Å²) in [6.07, 6.45) is 2.63. The summed E-state index contributed by atoms with van der Waals surface area (Å²) in [7, 11) is 0. The number of hydrogen-bond donors (Lipinski definition) is 1. The Hall–Kier alpha value is -0.840. The lowest BCUT2D eigenvalue weighted by atomic mass is 10.3. The summed E-state index contributed by atoms with van der Waals surface area (Å²) in [6, 6.07) is 1.78. The molecule has 1 atom stereocenters. The first-order valence-electron chi connectivity index (χ1n) is 4.88. The van der Waals surface area contributed by atoms with Gasteiger partial charge in [-0.15, -0.1) is 0 Å². The minimum absolute atomic E-state index is 0.0683. The second-order valence-corrected chi connectivity index (χ2v) is 3.85. The monoisotopic (exact) mass is 228 g/mol. The largest absolute Gasteiger partial charge is 0.471 e. The molecule has 1 fully saturated rings. The minimum atomic E-state index is 0.0683. The van der Waals surface area contributed by atoms with Gasteiger partial charge in [-0.25, -0.2) is 4.98 Å². The van der Waals surface area contributed by atoms with Crippen molar-refractivity contribution in [1.82, 2.24) is 4.98 Å². The molecular formula is C10H13ClN2O2. The van der Waals surface area contributed by atoms with E-state index in [1.807, 2.05) is 0 Å². The van der Waals surface area contributed by atoms with Crippen LogP contribution in [0.4, 0.5) is 0 Å². The van der Waals surface area contributed by atoms with Gasteiger partial charge in [0.25, 0.3) is 0 Å². The molecule has 1 aromatic heterocycles. The van der Waals surface area contributed by atoms with E-state index in [2.05, 4.69) is 4.98 Å². The minimum Gasteiger partial charge on any atom is -0.471 e. The van der Waals surface area contributed by atoms with Crippen molar-refractivity contribution < 1.29 is 9.47 Å². The van der Waals surface area contributed by atoms with Crippen LogP contribution >= 0.6 is 11.6 Å². The number of aromatic nitrogens is 1. The van der Waals surface area contributed by atoms with E-state index < -0.39 is 0 Å². The molecule has 2 heterocycles. The second kappa shape index (κ2) is 4.79. The topological polar surface area (TPSA) is 57.4 Å². The molecule has 0 amide bonds. The van der Waals surface area contributed by atoms with Gasteiger partial charge in [-0.3, -0.25) is 0 Å². The zero-order valence-electron chi connectivity index (χ0n) is 8.28. The van der Waals surface area contributed by atoms with Crippen LogP contribution in [0.2, 0.25) is 5.02 Å². The number of nitrogens with zero attached hydrogens (tertiary/aromatic N) is 1. The molecule has 1 aliphatic rings. The van der Waals surface area contributed by atoms with Crippen LogP contribution < -0.4 is 10.5 Å². The van der Waals surface area contributed by atoms with Crippen LogP contribution in [0.25, 0.3) is 0 Å². The van der Waals surface area contributed by atoms with Crippen LogP contribution in [-0.4, -0.2) is 24.3 Å². The lowest BCUT2D eigenvalue weighted by Gasteiger charge is -2.12. The number of halogens is 1. The fourth-order valence-corrected chi connectivity index (χ4v) is 1.66. The molecule has 0 bridgehead atoms. The highest BCUT2D eigenvalue weighted by Gasteiger charge is 2.19. The average molecular weight is 229 g/mol. The Morgan fingerprint density at radius 2 is 2.53 bits per heavy atom. The summed E-state index contributed by atoms with van der Waals surface area (Å²) >= 11 is 6.00. The number of hydrogen-bond acceptors (Lipinski definition) is 4. The summed E-state index contributed by atoms with van der Waals surface area (Å²) in [4.78, 5) is 4.12. The van der Waals surface area contributed by atoms with E-state index in [0.29, 0.717) is 24.1 Å². The van der Waals surface area contributed by atoms with E-state index in [-0.39, 0.29) is 6.10 Å². The van der Waals surface area contributed by atoms with Gasteiger partial charge in [0.1, 0.15) is 11.1 Å².